The third-order valence-corrected chi connectivity index (χ3v) is 10.5. The fraction of sp³-hybridized carbons (Fsp3) is 0.343. The topological polar surface area (TPSA) is 84.9 Å². The minimum Gasteiger partial charge on any atom is -0.493 e. The van der Waals surface area contributed by atoms with Gasteiger partial charge in [-0.15, -0.1) is 0 Å². The number of nitrogens with zero attached hydrogens (tertiary/aromatic N) is 1. The van der Waals surface area contributed by atoms with Gasteiger partial charge < -0.3 is 9.47 Å². The van der Waals surface area contributed by atoms with Crippen LogP contribution in [0.15, 0.2) is 66.2 Å². The molecular formula is C35H32FIN2O5. The number of halogens is 2. The molecule has 0 radical (unpaired) electrons. The van der Waals surface area contributed by atoms with E-state index in [1.165, 1.54) is 69.4 Å². The molecule has 4 bridgehead atoms. The summed E-state index contributed by atoms with van der Waals surface area (Å²) in [7, 11) is 1.49. The number of anilines is 1. The number of imide groups is 2. The zero-order chi connectivity index (χ0) is 30.6. The number of benzene rings is 3. The minimum absolute atomic E-state index is 0.129. The number of hydrogen-bond donors (Lipinski definition) is 1. The Kier molecular flexibility index (Phi) is 7.46. The van der Waals surface area contributed by atoms with E-state index in [9.17, 15) is 18.8 Å². The number of urea groups is 1. The maximum atomic E-state index is 13.6. The molecule has 44 heavy (non-hydrogen) atoms. The number of methoxy groups -OCH3 is 1. The standard InChI is InChI=1S/C35H32FIN2O5/c1-43-30-15-21(14-29(37)31(30)44-19-20-3-2-4-26(36)12-20)13-28-32(40)38-34(42)39(33(28)41)27-7-5-25(6-8-27)35-16-22-9-23(17-35)11-24(10-22)18-35/h2-8,12-15,22-24H,9-11,16-19H2,1H3,(H,38,40,42)/b28-13+. The lowest BCUT2D eigenvalue weighted by Crippen LogP contribution is -2.54. The van der Waals surface area contributed by atoms with E-state index in [0.29, 0.717) is 31.9 Å². The molecule has 1 heterocycles. The highest BCUT2D eigenvalue weighted by Gasteiger charge is 2.51. The van der Waals surface area contributed by atoms with E-state index in [2.05, 4.69) is 40.0 Å². The maximum absolute atomic E-state index is 13.6. The molecule has 5 fully saturated rings. The summed E-state index contributed by atoms with van der Waals surface area (Å²) in [6.07, 6.45) is 9.19. The molecule has 3 aromatic rings. The van der Waals surface area contributed by atoms with Gasteiger partial charge in [0, 0.05) is 0 Å². The second kappa shape index (κ2) is 11.3. The van der Waals surface area contributed by atoms with Crippen LogP contribution in [0, 0.1) is 27.1 Å². The summed E-state index contributed by atoms with van der Waals surface area (Å²) in [6.45, 7) is 0.129. The zero-order valence-corrected chi connectivity index (χ0v) is 26.4. The summed E-state index contributed by atoms with van der Waals surface area (Å²) in [4.78, 5) is 40.4. The van der Waals surface area contributed by atoms with Gasteiger partial charge in [0.05, 0.1) is 16.4 Å². The highest BCUT2D eigenvalue weighted by molar-refractivity contribution is 14.1. The van der Waals surface area contributed by atoms with Gasteiger partial charge in [0.25, 0.3) is 11.8 Å². The molecule has 8 rings (SSSR count). The van der Waals surface area contributed by atoms with Crippen molar-refractivity contribution in [1.82, 2.24) is 5.32 Å². The van der Waals surface area contributed by atoms with Gasteiger partial charge in [0.2, 0.25) is 0 Å². The summed E-state index contributed by atoms with van der Waals surface area (Å²) in [5, 5.41) is 2.32. The van der Waals surface area contributed by atoms with Crippen LogP contribution in [0.25, 0.3) is 6.08 Å². The van der Waals surface area contributed by atoms with Crippen LogP contribution in [0.3, 0.4) is 0 Å². The lowest BCUT2D eigenvalue weighted by Gasteiger charge is -2.57. The number of nitrogens with one attached hydrogen (secondary N) is 1. The predicted octanol–water partition coefficient (Wildman–Crippen LogP) is 7.15. The molecule has 1 N–H and O–H groups in total. The SMILES string of the molecule is COc1cc(/C=C2\C(=O)NC(=O)N(c3ccc(C45CC6CC(CC(C6)C4)C5)cc3)C2=O)cc(I)c1OCc1cccc(F)c1. The van der Waals surface area contributed by atoms with Crippen molar-refractivity contribution in [2.45, 2.75) is 50.5 Å². The lowest BCUT2D eigenvalue weighted by atomic mass is 9.48. The number of amides is 4. The van der Waals surface area contributed by atoms with Gasteiger partial charge in [-0.1, -0.05) is 24.3 Å². The van der Waals surface area contributed by atoms with E-state index < -0.39 is 17.8 Å². The van der Waals surface area contributed by atoms with Crippen LogP contribution in [-0.4, -0.2) is 25.0 Å². The van der Waals surface area contributed by atoms with Gasteiger partial charge in [0.1, 0.15) is 18.0 Å². The van der Waals surface area contributed by atoms with Crippen LogP contribution in [0.2, 0.25) is 0 Å². The summed E-state index contributed by atoms with van der Waals surface area (Å²) in [6, 6.07) is 16.6. The molecule has 0 atom stereocenters. The van der Waals surface area contributed by atoms with Crippen molar-refractivity contribution >= 4 is 52.2 Å². The Labute approximate surface area is 268 Å². The summed E-state index contributed by atoms with van der Waals surface area (Å²) in [5.41, 5.74) is 2.93. The number of rotatable bonds is 7. The van der Waals surface area contributed by atoms with Crippen molar-refractivity contribution in [3.63, 3.8) is 0 Å². The van der Waals surface area contributed by atoms with Gasteiger partial charge in [0.15, 0.2) is 11.5 Å². The molecule has 3 aromatic carbocycles. The molecular weight excluding hydrogens is 674 g/mol. The van der Waals surface area contributed by atoms with Gasteiger partial charge in [-0.05, 0) is 143 Å². The summed E-state index contributed by atoms with van der Waals surface area (Å²) < 4.78 is 25.8. The molecule has 9 heteroatoms. The number of barbiturate groups is 1. The molecule has 4 saturated carbocycles. The average molecular weight is 707 g/mol. The second-order valence-electron chi connectivity index (χ2n) is 12.7. The molecule has 0 spiro atoms. The Balaban J connectivity index is 1.13. The summed E-state index contributed by atoms with van der Waals surface area (Å²) >= 11 is 2.08. The molecule has 1 aliphatic heterocycles. The van der Waals surface area contributed by atoms with Crippen LogP contribution in [-0.2, 0) is 21.6 Å². The predicted molar refractivity (Wildman–Crippen MR) is 172 cm³/mol. The fourth-order valence-corrected chi connectivity index (χ4v) is 9.01. The van der Waals surface area contributed by atoms with Crippen molar-refractivity contribution in [3.8, 4) is 11.5 Å². The van der Waals surface area contributed by atoms with E-state index in [-0.39, 0.29) is 23.4 Å². The smallest absolute Gasteiger partial charge is 0.335 e. The minimum atomic E-state index is -0.770. The van der Waals surface area contributed by atoms with Gasteiger partial charge in [-0.25, -0.2) is 14.1 Å². The van der Waals surface area contributed by atoms with Crippen LogP contribution >= 0.6 is 22.6 Å². The maximum Gasteiger partial charge on any atom is 0.335 e. The van der Waals surface area contributed by atoms with E-state index >= 15 is 0 Å². The highest BCUT2D eigenvalue weighted by atomic mass is 127. The Morgan fingerprint density at radius 1 is 0.977 bits per heavy atom. The van der Waals surface area contributed by atoms with Crippen molar-refractivity contribution in [2.75, 3.05) is 12.0 Å². The van der Waals surface area contributed by atoms with Crippen molar-refractivity contribution in [3.05, 3.63) is 92.3 Å². The highest BCUT2D eigenvalue weighted by Crippen LogP contribution is 2.60. The van der Waals surface area contributed by atoms with Gasteiger partial charge in [-0.2, -0.15) is 0 Å². The monoisotopic (exact) mass is 706 g/mol. The third kappa shape index (κ3) is 5.29. The van der Waals surface area contributed by atoms with Gasteiger partial charge >= 0.3 is 6.03 Å². The van der Waals surface area contributed by atoms with Crippen LogP contribution in [0.1, 0.15) is 55.2 Å². The van der Waals surface area contributed by atoms with Crippen molar-refractivity contribution in [2.24, 2.45) is 17.8 Å². The zero-order valence-electron chi connectivity index (χ0n) is 24.3. The first-order chi connectivity index (χ1) is 21.2. The molecule has 7 nitrogen and oxygen atoms in total. The van der Waals surface area contributed by atoms with E-state index in [4.69, 9.17) is 9.47 Å². The van der Waals surface area contributed by atoms with Crippen molar-refractivity contribution in [1.29, 1.82) is 0 Å². The van der Waals surface area contributed by atoms with E-state index in [1.54, 1.807) is 24.3 Å². The molecule has 4 aliphatic carbocycles. The first kappa shape index (κ1) is 29.0. The second-order valence-corrected chi connectivity index (χ2v) is 13.8. The van der Waals surface area contributed by atoms with E-state index in [0.717, 1.165) is 22.7 Å². The van der Waals surface area contributed by atoms with Crippen molar-refractivity contribution < 1.29 is 28.2 Å². The largest absolute Gasteiger partial charge is 0.493 e. The molecule has 5 aliphatic rings. The number of hydrogen-bond acceptors (Lipinski definition) is 5. The fourth-order valence-electron chi connectivity index (χ4n) is 8.23. The molecule has 0 aromatic heterocycles. The molecule has 1 saturated heterocycles. The van der Waals surface area contributed by atoms with E-state index in [1.807, 2.05) is 12.1 Å². The first-order valence-corrected chi connectivity index (χ1v) is 16.1. The molecule has 226 valence electrons. The lowest BCUT2D eigenvalue weighted by molar-refractivity contribution is -0.122. The average Bonchev–Trinajstić information content (AvgIpc) is 2.98. The number of carbonyl (C=O) groups is 3. The quantitative estimate of drug-likeness (QED) is 0.160. The normalized spacial score (nSPS) is 26.7. The Hall–Kier alpha value is -3.73. The first-order valence-electron chi connectivity index (χ1n) is 15.0. The number of ether oxygens (including phenoxy) is 2. The Morgan fingerprint density at radius 2 is 1.66 bits per heavy atom. The van der Waals surface area contributed by atoms with Gasteiger partial charge in [-0.3, -0.25) is 14.9 Å². The third-order valence-electron chi connectivity index (χ3n) is 9.71. The number of carbonyl (C=O) groups excluding carboxylic acids is 3. The molecule has 0 unspecified atom stereocenters. The van der Waals surface area contributed by atoms with Crippen LogP contribution < -0.4 is 19.7 Å². The Bertz CT molecular complexity index is 1670. The summed E-state index contributed by atoms with van der Waals surface area (Å²) in [5.74, 6) is 1.46. The van der Waals surface area contributed by atoms with Crippen LogP contribution in [0.5, 0.6) is 11.5 Å². The van der Waals surface area contributed by atoms with Crippen LogP contribution in [0.4, 0.5) is 14.9 Å². The Morgan fingerprint density at radius 3 is 2.30 bits per heavy atom. The molecule has 4 amide bonds.